The van der Waals surface area contributed by atoms with Gasteiger partial charge in [0.15, 0.2) is 0 Å². The van der Waals surface area contributed by atoms with Gasteiger partial charge in [-0.2, -0.15) is 0 Å². The third-order valence-corrected chi connectivity index (χ3v) is 4.22. The first-order chi connectivity index (χ1) is 9.85. The third-order valence-electron chi connectivity index (χ3n) is 4.22. The Hall–Kier alpha value is -0.860. The second-order valence-electron chi connectivity index (χ2n) is 7.84. The highest BCUT2D eigenvalue weighted by Crippen LogP contribution is 2.31. The SMILES string of the molecule is CC(C)N(Cc1ccccc1CNC(C)(C)C)CC1CC1. The lowest BCUT2D eigenvalue weighted by molar-refractivity contribution is 0.203. The van der Waals surface area contributed by atoms with Crippen LogP contribution in [0.1, 0.15) is 58.6 Å². The van der Waals surface area contributed by atoms with Crippen molar-refractivity contribution >= 4 is 0 Å². The fraction of sp³-hybridized carbons (Fsp3) is 0.684. The maximum Gasteiger partial charge on any atom is 0.0239 e. The second-order valence-corrected chi connectivity index (χ2v) is 7.84. The Kier molecular flexibility index (Phi) is 5.45. The van der Waals surface area contributed by atoms with E-state index in [2.05, 4.69) is 69.1 Å². The zero-order valence-corrected chi connectivity index (χ0v) is 14.4. The molecule has 0 bridgehead atoms. The molecule has 0 atom stereocenters. The number of nitrogens with one attached hydrogen (secondary N) is 1. The van der Waals surface area contributed by atoms with E-state index in [1.807, 2.05) is 0 Å². The molecule has 0 radical (unpaired) electrons. The Balaban J connectivity index is 2.03. The van der Waals surface area contributed by atoms with Gasteiger partial charge in [-0.3, -0.25) is 4.90 Å². The molecular formula is C19H32N2. The summed E-state index contributed by atoms with van der Waals surface area (Å²) >= 11 is 0. The predicted molar refractivity (Wildman–Crippen MR) is 91.3 cm³/mol. The minimum absolute atomic E-state index is 0.166. The van der Waals surface area contributed by atoms with E-state index in [-0.39, 0.29) is 5.54 Å². The molecule has 1 fully saturated rings. The molecule has 0 heterocycles. The number of rotatable bonds is 7. The first-order valence-corrected chi connectivity index (χ1v) is 8.41. The zero-order chi connectivity index (χ0) is 15.5. The smallest absolute Gasteiger partial charge is 0.0239 e. The van der Waals surface area contributed by atoms with Crippen molar-refractivity contribution in [2.24, 2.45) is 5.92 Å². The molecule has 0 aromatic heterocycles. The number of hydrogen-bond acceptors (Lipinski definition) is 2. The molecular weight excluding hydrogens is 256 g/mol. The van der Waals surface area contributed by atoms with Crippen molar-refractivity contribution in [3.05, 3.63) is 35.4 Å². The molecule has 0 saturated heterocycles. The van der Waals surface area contributed by atoms with E-state index in [1.165, 1.54) is 30.5 Å². The van der Waals surface area contributed by atoms with Gasteiger partial charge in [0.25, 0.3) is 0 Å². The molecule has 118 valence electrons. The fourth-order valence-electron chi connectivity index (χ4n) is 2.55. The Morgan fingerprint density at radius 2 is 1.76 bits per heavy atom. The van der Waals surface area contributed by atoms with Gasteiger partial charge >= 0.3 is 0 Å². The summed E-state index contributed by atoms with van der Waals surface area (Å²) in [5.41, 5.74) is 3.08. The van der Waals surface area contributed by atoms with E-state index in [0.29, 0.717) is 6.04 Å². The van der Waals surface area contributed by atoms with Crippen LogP contribution < -0.4 is 5.32 Å². The van der Waals surface area contributed by atoms with Gasteiger partial charge in [-0.15, -0.1) is 0 Å². The van der Waals surface area contributed by atoms with Gasteiger partial charge in [0.2, 0.25) is 0 Å². The van der Waals surface area contributed by atoms with Crippen LogP contribution in [0.3, 0.4) is 0 Å². The standard InChI is InChI=1S/C19H32N2/c1-15(2)21(13-16-10-11-16)14-18-9-7-6-8-17(18)12-20-19(3,4)5/h6-9,15-16,20H,10-14H2,1-5H3. The van der Waals surface area contributed by atoms with E-state index in [1.54, 1.807) is 0 Å². The van der Waals surface area contributed by atoms with Gasteiger partial charge in [-0.05, 0) is 64.5 Å². The molecule has 0 aliphatic heterocycles. The van der Waals surface area contributed by atoms with E-state index in [9.17, 15) is 0 Å². The number of hydrogen-bond donors (Lipinski definition) is 1. The molecule has 2 rings (SSSR count). The molecule has 21 heavy (non-hydrogen) atoms. The lowest BCUT2D eigenvalue weighted by Gasteiger charge is -2.28. The molecule has 1 N–H and O–H groups in total. The van der Waals surface area contributed by atoms with Crippen molar-refractivity contribution in [3.63, 3.8) is 0 Å². The molecule has 0 unspecified atom stereocenters. The van der Waals surface area contributed by atoms with Gasteiger partial charge in [0.1, 0.15) is 0 Å². The molecule has 1 aromatic rings. The molecule has 1 aliphatic rings. The average Bonchev–Trinajstić information content (AvgIpc) is 3.20. The van der Waals surface area contributed by atoms with Gasteiger partial charge in [-0.1, -0.05) is 24.3 Å². The largest absolute Gasteiger partial charge is 0.308 e. The summed E-state index contributed by atoms with van der Waals surface area (Å²) in [5.74, 6) is 0.951. The molecule has 1 aromatic carbocycles. The van der Waals surface area contributed by atoms with E-state index < -0.39 is 0 Å². The summed E-state index contributed by atoms with van der Waals surface area (Å²) in [7, 11) is 0. The van der Waals surface area contributed by atoms with Crippen LogP contribution in [0, 0.1) is 5.92 Å². The minimum atomic E-state index is 0.166. The lowest BCUT2D eigenvalue weighted by Crippen LogP contribution is -2.36. The maximum atomic E-state index is 3.62. The Labute approximate surface area is 130 Å². The minimum Gasteiger partial charge on any atom is -0.308 e. The van der Waals surface area contributed by atoms with Crippen molar-refractivity contribution in [2.45, 2.75) is 72.1 Å². The molecule has 1 aliphatic carbocycles. The Bertz CT molecular complexity index is 441. The fourth-order valence-corrected chi connectivity index (χ4v) is 2.55. The molecule has 2 heteroatoms. The zero-order valence-electron chi connectivity index (χ0n) is 14.4. The summed E-state index contributed by atoms with van der Waals surface area (Å²) in [6.45, 7) is 14.6. The van der Waals surface area contributed by atoms with Crippen molar-refractivity contribution in [1.82, 2.24) is 10.2 Å². The molecule has 1 saturated carbocycles. The van der Waals surface area contributed by atoms with E-state index >= 15 is 0 Å². The molecule has 0 spiro atoms. The third kappa shape index (κ3) is 5.80. The van der Waals surface area contributed by atoms with Crippen LogP contribution in [0.15, 0.2) is 24.3 Å². The van der Waals surface area contributed by atoms with E-state index in [4.69, 9.17) is 0 Å². The van der Waals surface area contributed by atoms with Crippen molar-refractivity contribution in [2.75, 3.05) is 6.54 Å². The summed E-state index contributed by atoms with van der Waals surface area (Å²) in [4.78, 5) is 2.63. The van der Waals surface area contributed by atoms with Crippen LogP contribution in [0.2, 0.25) is 0 Å². The van der Waals surface area contributed by atoms with Gasteiger partial charge in [-0.25, -0.2) is 0 Å². The average molecular weight is 288 g/mol. The molecule has 0 amide bonds. The molecule has 2 nitrogen and oxygen atoms in total. The summed E-state index contributed by atoms with van der Waals surface area (Å²) in [6, 6.07) is 9.51. The topological polar surface area (TPSA) is 15.3 Å². The lowest BCUT2D eigenvalue weighted by atomic mass is 10.0. The highest BCUT2D eigenvalue weighted by Gasteiger charge is 2.25. The Morgan fingerprint density at radius 1 is 1.14 bits per heavy atom. The second kappa shape index (κ2) is 6.93. The van der Waals surface area contributed by atoms with Crippen LogP contribution >= 0.6 is 0 Å². The Morgan fingerprint density at radius 3 is 2.29 bits per heavy atom. The van der Waals surface area contributed by atoms with Crippen molar-refractivity contribution in [3.8, 4) is 0 Å². The van der Waals surface area contributed by atoms with Crippen LogP contribution in [-0.4, -0.2) is 23.0 Å². The van der Waals surface area contributed by atoms with Crippen molar-refractivity contribution < 1.29 is 0 Å². The van der Waals surface area contributed by atoms with Crippen molar-refractivity contribution in [1.29, 1.82) is 0 Å². The normalized spacial score (nSPS) is 16.0. The highest BCUT2D eigenvalue weighted by atomic mass is 15.1. The van der Waals surface area contributed by atoms with E-state index in [0.717, 1.165) is 19.0 Å². The maximum absolute atomic E-state index is 3.62. The van der Waals surface area contributed by atoms with Crippen LogP contribution in [0.25, 0.3) is 0 Å². The highest BCUT2D eigenvalue weighted by molar-refractivity contribution is 5.27. The number of benzene rings is 1. The summed E-state index contributed by atoms with van der Waals surface area (Å²) in [6.07, 6.45) is 2.85. The quantitative estimate of drug-likeness (QED) is 0.809. The summed E-state index contributed by atoms with van der Waals surface area (Å²) < 4.78 is 0. The first kappa shape index (κ1) is 16.5. The number of nitrogens with zero attached hydrogens (tertiary/aromatic N) is 1. The van der Waals surface area contributed by atoms with Gasteiger partial charge in [0, 0.05) is 31.2 Å². The van der Waals surface area contributed by atoms with Crippen LogP contribution in [-0.2, 0) is 13.1 Å². The predicted octanol–water partition coefficient (Wildman–Crippen LogP) is 4.20. The van der Waals surface area contributed by atoms with Crippen LogP contribution in [0.5, 0.6) is 0 Å². The van der Waals surface area contributed by atoms with Gasteiger partial charge < -0.3 is 5.32 Å². The van der Waals surface area contributed by atoms with Gasteiger partial charge in [0.05, 0.1) is 0 Å². The first-order valence-electron chi connectivity index (χ1n) is 8.41. The van der Waals surface area contributed by atoms with Crippen LogP contribution in [0.4, 0.5) is 0 Å². The monoisotopic (exact) mass is 288 g/mol. The summed E-state index contributed by atoms with van der Waals surface area (Å²) in [5, 5.41) is 3.62.